The predicted molar refractivity (Wildman–Crippen MR) is 104 cm³/mol. The van der Waals surface area contributed by atoms with Crippen LogP contribution in [0.25, 0.3) is 0 Å². The Bertz CT molecular complexity index is 915. The van der Waals surface area contributed by atoms with E-state index in [1.165, 1.54) is 49.4 Å². The van der Waals surface area contributed by atoms with Crippen LogP contribution in [0.1, 0.15) is 15.9 Å². The second-order valence-corrected chi connectivity index (χ2v) is 6.92. The van der Waals surface area contributed by atoms with Crippen LogP contribution in [0.2, 0.25) is 0 Å². The molecule has 3 rings (SSSR count). The molecular weight excluding hydrogens is 391 g/mol. The highest BCUT2D eigenvalue weighted by atomic mass is 32.2. The molecule has 0 spiro atoms. The summed E-state index contributed by atoms with van der Waals surface area (Å²) in [7, 11) is 1.43. The van der Waals surface area contributed by atoms with Crippen molar-refractivity contribution in [2.45, 2.75) is 0 Å². The Hall–Kier alpha value is -2.78. The van der Waals surface area contributed by atoms with Crippen molar-refractivity contribution in [1.29, 1.82) is 0 Å². The van der Waals surface area contributed by atoms with Gasteiger partial charge in [-0.1, -0.05) is 24.0 Å². The topological polar surface area (TPSA) is 68.2 Å². The number of hydrogen-bond acceptors (Lipinski definition) is 7. The Morgan fingerprint density at radius 3 is 2.63 bits per heavy atom. The van der Waals surface area contributed by atoms with Crippen molar-refractivity contribution < 1.29 is 23.5 Å². The number of esters is 1. The van der Waals surface area contributed by atoms with Crippen molar-refractivity contribution in [3.63, 3.8) is 0 Å². The van der Waals surface area contributed by atoms with Gasteiger partial charge in [0.2, 0.25) is 0 Å². The predicted octanol–water partition coefficient (Wildman–Crippen LogP) is 3.25. The van der Waals surface area contributed by atoms with Gasteiger partial charge in [-0.25, -0.2) is 9.18 Å². The van der Waals surface area contributed by atoms with Gasteiger partial charge in [-0.2, -0.15) is 10.1 Å². The first-order valence-corrected chi connectivity index (χ1v) is 9.07. The lowest BCUT2D eigenvalue weighted by Gasteiger charge is -2.10. The maximum absolute atomic E-state index is 13.0. The van der Waals surface area contributed by atoms with Gasteiger partial charge in [0.25, 0.3) is 5.91 Å². The molecule has 0 radical (unpaired) electrons. The van der Waals surface area contributed by atoms with Crippen LogP contribution in [0.3, 0.4) is 0 Å². The van der Waals surface area contributed by atoms with Crippen molar-refractivity contribution in [3.8, 4) is 11.5 Å². The highest BCUT2D eigenvalue weighted by molar-refractivity contribution is 8.23. The Kier molecular flexibility index (Phi) is 5.82. The Balaban J connectivity index is 1.76. The zero-order chi connectivity index (χ0) is 19.4. The molecule has 1 amide bonds. The fourth-order valence-electron chi connectivity index (χ4n) is 2.18. The Morgan fingerprint density at radius 1 is 1.26 bits per heavy atom. The lowest BCUT2D eigenvalue weighted by molar-refractivity contribution is -0.124. The van der Waals surface area contributed by atoms with E-state index < -0.39 is 11.8 Å². The highest BCUT2D eigenvalue weighted by Gasteiger charge is 2.26. The molecule has 0 N–H and O–H groups in total. The molecule has 1 heterocycles. The summed E-state index contributed by atoms with van der Waals surface area (Å²) < 4.78 is 23.9. The molecule has 1 fully saturated rings. The molecule has 1 aliphatic rings. The summed E-state index contributed by atoms with van der Waals surface area (Å²) in [5.74, 6) is -0.482. The number of ether oxygens (including phenoxy) is 2. The summed E-state index contributed by atoms with van der Waals surface area (Å²) >= 11 is 6.31. The maximum atomic E-state index is 13.0. The van der Waals surface area contributed by atoms with Crippen LogP contribution in [-0.2, 0) is 4.79 Å². The van der Waals surface area contributed by atoms with E-state index >= 15 is 0 Å². The first-order chi connectivity index (χ1) is 13.0. The molecule has 1 saturated heterocycles. The third-order valence-corrected chi connectivity index (χ3v) is 4.86. The number of methoxy groups -OCH3 is 1. The monoisotopic (exact) mass is 404 g/mol. The molecule has 0 bridgehead atoms. The number of rotatable bonds is 5. The van der Waals surface area contributed by atoms with E-state index in [1.54, 1.807) is 18.2 Å². The van der Waals surface area contributed by atoms with E-state index in [1.807, 2.05) is 0 Å². The number of benzene rings is 2. The fourth-order valence-corrected chi connectivity index (χ4v) is 3.14. The Morgan fingerprint density at radius 2 is 2.00 bits per heavy atom. The zero-order valence-electron chi connectivity index (χ0n) is 14.0. The van der Waals surface area contributed by atoms with E-state index in [2.05, 4.69) is 5.10 Å². The normalized spacial score (nSPS) is 14.1. The van der Waals surface area contributed by atoms with Crippen LogP contribution in [0.4, 0.5) is 4.39 Å². The highest BCUT2D eigenvalue weighted by Crippen LogP contribution is 2.28. The van der Waals surface area contributed by atoms with Gasteiger partial charge < -0.3 is 9.47 Å². The molecule has 2 aromatic carbocycles. The maximum Gasteiger partial charge on any atom is 0.343 e. The van der Waals surface area contributed by atoms with Gasteiger partial charge in [0.1, 0.15) is 5.82 Å². The molecule has 2 aromatic rings. The van der Waals surface area contributed by atoms with Gasteiger partial charge in [-0.05, 0) is 48.0 Å². The summed E-state index contributed by atoms with van der Waals surface area (Å²) in [5.41, 5.74) is 0.837. The van der Waals surface area contributed by atoms with E-state index in [4.69, 9.17) is 21.7 Å². The third-order valence-electron chi connectivity index (χ3n) is 3.52. The fraction of sp³-hybridized carbons (Fsp3) is 0.111. The van der Waals surface area contributed by atoms with Crippen LogP contribution in [0, 0.1) is 5.82 Å². The van der Waals surface area contributed by atoms with Crippen molar-refractivity contribution in [3.05, 3.63) is 59.4 Å². The van der Waals surface area contributed by atoms with Crippen molar-refractivity contribution in [2.24, 2.45) is 5.10 Å². The van der Waals surface area contributed by atoms with Gasteiger partial charge in [0.05, 0.1) is 24.6 Å². The minimum absolute atomic E-state index is 0.182. The largest absolute Gasteiger partial charge is 0.493 e. The van der Waals surface area contributed by atoms with Crippen LogP contribution in [0.15, 0.2) is 47.6 Å². The number of carbonyl (C=O) groups excluding carboxylic acids is 2. The average Bonchev–Trinajstić information content (AvgIpc) is 2.99. The second kappa shape index (κ2) is 8.28. The smallest absolute Gasteiger partial charge is 0.343 e. The third kappa shape index (κ3) is 4.50. The summed E-state index contributed by atoms with van der Waals surface area (Å²) in [6.07, 6.45) is 1.46. The second-order valence-electron chi connectivity index (χ2n) is 5.31. The summed E-state index contributed by atoms with van der Waals surface area (Å²) in [4.78, 5) is 23.8. The van der Waals surface area contributed by atoms with E-state index in [-0.39, 0.29) is 23.0 Å². The quantitative estimate of drug-likeness (QED) is 0.330. The van der Waals surface area contributed by atoms with Crippen molar-refractivity contribution >= 4 is 46.4 Å². The number of carbonyl (C=O) groups is 2. The van der Waals surface area contributed by atoms with Crippen LogP contribution >= 0.6 is 24.0 Å². The lowest BCUT2D eigenvalue weighted by atomic mass is 10.2. The minimum atomic E-state index is -0.639. The molecule has 6 nitrogen and oxygen atoms in total. The molecule has 27 heavy (non-hydrogen) atoms. The van der Waals surface area contributed by atoms with Crippen molar-refractivity contribution in [1.82, 2.24) is 5.01 Å². The first-order valence-electron chi connectivity index (χ1n) is 7.67. The zero-order valence-corrected chi connectivity index (χ0v) is 15.7. The van der Waals surface area contributed by atoms with E-state index in [9.17, 15) is 14.0 Å². The number of thiocarbonyl (C=S) groups is 1. The molecule has 0 aromatic heterocycles. The number of thioether (sulfide) groups is 1. The minimum Gasteiger partial charge on any atom is -0.493 e. The first kappa shape index (κ1) is 19.0. The number of hydrazone groups is 1. The molecule has 9 heteroatoms. The average molecular weight is 404 g/mol. The lowest BCUT2D eigenvalue weighted by Crippen LogP contribution is -2.22. The van der Waals surface area contributed by atoms with Gasteiger partial charge in [0.15, 0.2) is 15.8 Å². The van der Waals surface area contributed by atoms with Crippen molar-refractivity contribution in [2.75, 3.05) is 12.9 Å². The van der Waals surface area contributed by atoms with Crippen LogP contribution < -0.4 is 9.47 Å². The number of halogens is 1. The number of amides is 1. The van der Waals surface area contributed by atoms with E-state index in [0.29, 0.717) is 15.6 Å². The van der Waals surface area contributed by atoms with Gasteiger partial charge >= 0.3 is 5.97 Å². The molecule has 0 saturated carbocycles. The number of nitrogens with zero attached hydrogens (tertiary/aromatic N) is 2. The van der Waals surface area contributed by atoms with Gasteiger partial charge in [-0.3, -0.25) is 4.79 Å². The molecule has 138 valence electrons. The SMILES string of the molecule is COc1cc(/C=N/N2C(=O)CSC2=S)ccc1OC(=O)c1ccc(F)cc1. The summed E-state index contributed by atoms with van der Waals surface area (Å²) in [6.45, 7) is 0. The van der Waals surface area contributed by atoms with Crippen LogP contribution in [-0.4, -0.2) is 40.3 Å². The van der Waals surface area contributed by atoms with Crippen LogP contribution in [0.5, 0.6) is 11.5 Å². The molecular formula is C18H13FN2O4S2. The summed E-state index contributed by atoms with van der Waals surface area (Å²) in [6, 6.07) is 9.81. The Labute approximate surface area is 163 Å². The molecule has 0 aliphatic carbocycles. The molecule has 0 atom stereocenters. The van der Waals surface area contributed by atoms with E-state index in [0.717, 1.165) is 5.01 Å². The molecule has 0 unspecified atom stereocenters. The summed E-state index contributed by atoms with van der Waals surface area (Å²) in [5, 5.41) is 5.24. The molecule has 1 aliphatic heterocycles. The van der Waals surface area contributed by atoms with Gasteiger partial charge in [0, 0.05) is 0 Å². The number of hydrogen-bond donors (Lipinski definition) is 0. The van der Waals surface area contributed by atoms with Gasteiger partial charge in [-0.15, -0.1) is 0 Å². The standard InChI is InChI=1S/C18H13FN2O4S2/c1-24-15-8-11(9-20-21-16(22)10-27-18(21)26)2-7-14(15)25-17(23)12-3-5-13(19)6-4-12/h2-9H,10H2,1H3/b20-9+.